The summed E-state index contributed by atoms with van der Waals surface area (Å²) in [6, 6.07) is 0. The summed E-state index contributed by atoms with van der Waals surface area (Å²) in [5, 5.41) is 0. The fourth-order valence-corrected chi connectivity index (χ4v) is 3.15. The molecule has 2 rings (SSSR count). The van der Waals surface area contributed by atoms with Gasteiger partial charge in [-0.05, 0) is 58.4 Å². The smallest absolute Gasteiger partial charge is 0.225 e. The molecule has 124 valence electrons. The lowest BCUT2D eigenvalue weighted by Crippen LogP contribution is -2.40. The monoisotopic (exact) mass is 305 g/mol. The van der Waals surface area contributed by atoms with Crippen molar-refractivity contribution in [3.63, 3.8) is 0 Å². The van der Waals surface area contributed by atoms with E-state index in [0.29, 0.717) is 12.0 Å². The average Bonchev–Trinajstić information content (AvgIpc) is 2.47. The third-order valence-corrected chi connectivity index (χ3v) is 4.26. The van der Waals surface area contributed by atoms with Crippen molar-refractivity contribution in [2.45, 2.75) is 72.0 Å². The lowest BCUT2D eigenvalue weighted by atomic mass is 9.91. The number of ether oxygens (including phenoxy) is 1. The van der Waals surface area contributed by atoms with Crippen LogP contribution in [-0.4, -0.2) is 34.8 Å². The largest absolute Gasteiger partial charge is 0.373 e. The molecule has 1 aromatic heterocycles. The second-order valence-electron chi connectivity index (χ2n) is 7.40. The second kappa shape index (κ2) is 7.40. The first-order valence-corrected chi connectivity index (χ1v) is 8.62. The highest BCUT2D eigenvalue weighted by molar-refractivity contribution is 5.30. The molecule has 1 fully saturated rings. The van der Waals surface area contributed by atoms with E-state index in [1.54, 1.807) is 0 Å². The molecule has 1 saturated heterocycles. The van der Waals surface area contributed by atoms with E-state index in [2.05, 4.69) is 49.5 Å². The zero-order chi connectivity index (χ0) is 16.2. The van der Waals surface area contributed by atoms with Gasteiger partial charge in [0.15, 0.2) is 0 Å². The molecule has 1 aliphatic rings. The lowest BCUT2D eigenvalue weighted by Gasteiger charge is -2.37. The Morgan fingerprint density at radius 3 is 2.32 bits per heavy atom. The van der Waals surface area contributed by atoms with Gasteiger partial charge in [0.25, 0.3) is 0 Å². The van der Waals surface area contributed by atoms with E-state index in [4.69, 9.17) is 4.74 Å². The Hall–Kier alpha value is -1.16. The van der Waals surface area contributed by atoms with Gasteiger partial charge in [0.05, 0.1) is 11.7 Å². The van der Waals surface area contributed by atoms with Crippen LogP contribution in [0.4, 0.5) is 5.95 Å². The molecule has 22 heavy (non-hydrogen) atoms. The van der Waals surface area contributed by atoms with Crippen LogP contribution < -0.4 is 4.90 Å². The Bertz CT molecular complexity index is 444. The van der Waals surface area contributed by atoms with Crippen LogP contribution in [-0.2, 0) is 11.2 Å². The maximum atomic E-state index is 6.11. The molecular formula is C18H31N3O. The minimum absolute atomic E-state index is 0.0607. The summed E-state index contributed by atoms with van der Waals surface area (Å²) in [7, 11) is 0. The molecular weight excluding hydrogens is 274 g/mol. The maximum absolute atomic E-state index is 6.11. The molecule has 0 aromatic carbocycles. The summed E-state index contributed by atoms with van der Waals surface area (Å²) < 4.78 is 6.11. The lowest BCUT2D eigenvalue weighted by molar-refractivity contribution is -0.0796. The standard InChI is InChI=1S/C18H31N3O/c1-6-7-15-12-19-17(20-13-15)21-10-8-16(9-11-21)14(2)22-18(3,4)5/h12-14,16H,6-11H2,1-5H3. The van der Waals surface area contributed by atoms with E-state index in [1.165, 1.54) is 5.56 Å². The summed E-state index contributed by atoms with van der Waals surface area (Å²) >= 11 is 0. The molecule has 1 unspecified atom stereocenters. The molecule has 0 N–H and O–H groups in total. The molecule has 0 aliphatic carbocycles. The SMILES string of the molecule is CCCc1cnc(N2CCC(C(C)OC(C)(C)C)CC2)nc1. The van der Waals surface area contributed by atoms with Crippen molar-refractivity contribution in [3.05, 3.63) is 18.0 Å². The summed E-state index contributed by atoms with van der Waals surface area (Å²) in [4.78, 5) is 11.4. The number of piperidine rings is 1. The first kappa shape index (κ1) is 17.2. The van der Waals surface area contributed by atoms with Crippen molar-refractivity contribution in [2.75, 3.05) is 18.0 Å². The average molecular weight is 305 g/mol. The quantitative estimate of drug-likeness (QED) is 0.828. The van der Waals surface area contributed by atoms with Crippen molar-refractivity contribution < 1.29 is 4.74 Å². The van der Waals surface area contributed by atoms with Crippen LogP contribution in [0.2, 0.25) is 0 Å². The number of rotatable bonds is 5. The minimum atomic E-state index is -0.0607. The van der Waals surface area contributed by atoms with Gasteiger partial charge in [0.1, 0.15) is 0 Å². The molecule has 1 aromatic rings. The van der Waals surface area contributed by atoms with Crippen LogP contribution in [0.15, 0.2) is 12.4 Å². The minimum Gasteiger partial charge on any atom is -0.373 e. The van der Waals surface area contributed by atoms with Gasteiger partial charge in [0, 0.05) is 25.5 Å². The summed E-state index contributed by atoms with van der Waals surface area (Å²) in [6.45, 7) is 12.8. The van der Waals surface area contributed by atoms with Crippen LogP contribution >= 0.6 is 0 Å². The van der Waals surface area contributed by atoms with E-state index in [9.17, 15) is 0 Å². The number of aryl methyl sites for hydroxylation is 1. The number of anilines is 1. The zero-order valence-electron chi connectivity index (χ0n) is 14.8. The van der Waals surface area contributed by atoms with E-state index < -0.39 is 0 Å². The van der Waals surface area contributed by atoms with Crippen LogP contribution in [0.1, 0.15) is 59.4 Å². The van der Waals surface area contributed by atoms with Crippen LogP contribution in [0, 0.1) is 5.92 Å². The molecule has 0 saturated carbocycles. The Morgan fingerprint density at radius 2 is 1.82 bits per heavy atom. The molecule has 4 heteroatoms. The Morgan fingerprint density at radius 1 is 1.23 bits per heavy atom. The number of aromatic nitrogens is 2. The molecule has 0 radical (unpaired) electrons. The number of hydrogen-bond donors (Lipinski definition) is 0. The van der Waals surface area contributed by atoms with Gasteiger partial charge in [-0.1, -0.05) is 13.3 Å². The Labute approximate surface area is 135 Å². The molecule has 4 nitrogen and oxygen atoms in total. The van der Waals surface area contributed by atoms with Crippen molar-refractivity contribution in [1.29, 1.82) is 0 Å². The van der Waals surface area contributed by atoms with Crippen molar-refractivity contribution in [3.8, 4) is 0 Å². The third-order valence-electron chi connectivity index (χ3n) is 4.26. The molecule has 0 spiro atoms. The molecule has 2 heterocycles. The summed E-state index contributed by atoms with van der Waals surface area (Å²) in [5.74, 6) is 1.51. The predicted octanol–water partition coefficient (Wildman–Crippen LogP) is 3.85. The van der Waals surface area contributed by atoms with Crippen LogP contribution in [0.25, 0.3) is 0 Å². The molecule has 0 bridgehead atoms. The first-order chi connectivity index (χ1) is 10.4. The maximum Gasteiger partial charge on any atom is 0.225 e. The predicted molar refractivity (Wildman–Crippen MR) is 91.3 cm³/mol. The molecule has 0 amide bonds. The van der Waals surface area contributed by atoms with Gasteiger partial charge in [-0.25, -0.2) is 9.97 Å². The van der Waals surface area contributed by atoms with E-state index in [-0.39, 0.29) is 5.60 Å². The van der Waals surface area contributed by atoms with Gasteiger partial charge in [0.2, 0.25) is 5.95 Å². The highest BCUT2D eigenvalue weighted by atomic mass is 16.5. The Kier molecular flexibility index (Phi) is 5.79. The van der Waals surface area contributed by atoms with Crippen molar-refractivity contribution in [2.24, 2.45) is 5.92 Å². The van der Waals surface area contributed by atoms with Crippen molar-refractivity contribution >= 4 is 5.95 Å². The van der Waals surface area contributed by atoms with E-state index in [1.807, 2.05) is 12.4 Å². The first-order valence-electron chi connectivity index (χ1n) is 8.62. The number of hydrogen-bond acceptors (Lipinski definition) is 4. The van der Waals surface area contributed by atoms with Crippen LogP contribution in [0.3, 0.4) is 0 Å². The van der Waals surface area contributed by atoms with Gasteiger partial charge in [-0.15, -0.1) is 0 Å². The highest BCUT2D eigenvalue weighted by Gasteiger charge is 2.28. The number of nitrogens with zero attached hydrogens (tertiary/aromatic N) is 3. The van der Waals surface area contributed by atoms with E-state index in [0.717, 1.165) is 44.7 Å². The fourth-order valence-electron chi connectivity index (χ4n) is 3.15. The second-order valence-corrected chi connectivity index (χ2v) is 7.40. The van der Waals surface area contributed by atoms with Gasteiger partial charge in [-0.3, -0.25) is 0 Å². The zero-order valence-corrected chi connectivity index (χ0v) is 14.8. The highest BCUT2D eigenvalue weighted by Crippen LogP contribution is 2.27. The summed E-state index contributed by atoms with van der Waals surface area (Å²) in [6.07, 6.45) is 8.76. The summed E-state index contributed by atoms with van der Waals surface area (Å²) in [5.41, 5.74) is 1.17. The van der Waals surface area contributed by atoms with E-state index >= 15 is 0 Å². The van der Waals surface area contributed by atoms with Crippen LogP contribution in [0.5, 0.6) is 0 Å². The normalized spacial score (nSPS) is 18.5. The topological polar surface area (TPSA) is 38.2 Å². The molecule has 1 atom stereocenters. The third kappa shape index (κ3) is 4.94. The van der Waals surface area contributed by atoms with Gasteiger partial charge in [-0.2, -0.15) is 0 Å². The Balaban J connectivity index is 1.86. The van der Waals surface area contributed by atoms with Gasteiger partial charge >= 0.3 is 0 Å². The molecule has 1 aliphatic heterocycles. The fraction of sp³-hybridized carbons (Fsp3) is 0.778. The van der Waals surface area contributed by atoms with Crippen molar-refractivity contribution in [1.82, 2.24) is 9.97 Å². The van der Waals surface area contributed by atoms with Gasteiger partial charge < -0.3 is 9.64 Å².